The molecule has 0 unspecified atom stereocenters. The molecule has 0 aliphatic carbocycles. The van der Waals surface area contributed by atoms with Gasteiger partial charge in [0.25, 0.3) is 5.91 Å². The fourth-order valence-electron chi connectivity index (χ4n) is 4.39. The van der Waals surface area contributed by atoms with Crippen molar-refractivity contribution in [3.8, 4) is 0 Å². The van der Waals surface area contributed by atoms with Crippen molar-refractivity contribution in [1.29, 1.82) is 0 Å². The number of sulfonamides is 1. The minimum absolute atomic E-state index is 0.0747. The maximum atomic E-state index is 12.8. The summed E-state index contributed by atoms with van der Waals surface area (Å²) in [6.07, 6.45) is 3.08. The lowest BCUT2D eigenvalue weighted by Gasteiger charge is -2.28. The summed E-state index contributed by atoms with van der Waals surface area (Å²) >= 11 is 0. The normalized spacial score (nSPS) is 25.7. The number of aryl methyl sites for hydroxylation is 1. The maximum Gasteiger partial charge on any atom is 0.274 e. The van der Waals surface area contributed by atoms with Crippen LogP contribution in [-0.2, 0) is 16.6 Å². The van der Waals surface area contributed by atoms with E-state index in [1.54, 1.807) is 15.1 Å². The van der Waals surface area contributed by atoms with Crippen molar-refractivity contribution in [2.75, 3.05) is 25.9 Å². The summed E-state index contributed by atoms with van der Waals surface area (Å²) in [4.78, 5) is 14.7. The van der Waals surface area contributed by atoms with E-state index in [4.69, 9.17) is 0 Å². The SMILES string of the molecule is CCn1ccc(C(=O)N2C[C@@H]3CN(S(C)(=O)=O)[C@@H](c4ccccc4)[C@@H]3C2)n1. The van der Waals surface area contributed by atoms with E-state index in [0.29, 0.717) is 25.3 Å². The number of carbonyl (C=O) groups excluding carboxylic acids is 1. The molecule has 1 aromatic heterocycles. The van der Waals surface area contributed by atoms with Crippen molar-refractivity contribution in [2.24, 2.45) is 11.8 Å². The molecule has 144 valence electrons. The van der Waals surface area contributed by atoms with Crippen LogP contribution in [0.2, 0.25) is 0 Å². The minimum Gasteiger partial charge on any atom is -0.337 e. The molecule has 1 amide bonds. The van der Waals surface area contributed by atoms with Gasteiger partial charge >= 0.3 is 0 Å². The Morgan fingerprint density at radius 3 is 2.52 bits per heavy atom. The average molecular weight is 388 g/mol. The third-order valence-electron chi connectivity index (χ3n) is 5.66. The summed E-state index contributed by atoms with van der Waals surface area (Å²) in [6, 6.07) is 11.2. The number of amides is 1. The molecule has 27 heavy (non-hydrogen) atoms. The van der Waals surface area contributed by atoms with E-state index in [1.165, 1.54) is 6.26 Å². The Hall–Kier alpha value is -2.19. The molecule has 4 rings (SSSR count). The van der Waals surface area contributed by atoms with Gasteiger partial charge in [-0.2, -0.15) is 9.40 Å². The lowest BCUT2D eigenvalue weighted by Crippen LogP contribution is -2.37. The summed E-state index contributed by atoms with van der Waals surface area (Å²) in [5, 5.41) is 4.32. The van der Waals surface area contributed by atoms with Crippen LogP contribution >= 0.6 is 0 Å². The van der Waals surface area contributed by atoms with Crippen molar-refractivity contribution < 1.29 is 13.2 Å². The van der Waals surface area contributed by atoms with Crippen LogP contribution in [0, 0.1) is 11.8 Å². The number of hydrogen-bond donors (Lipinski definition) is 0. The lowest BCUT2D eigenvalue weighted by atomic mass is 9.90. The van der Waals surface area contributed by atoms with Gasteiger partial charge in [0.1, 0.15) is 5.69 Å². The summed E-state index contributed by atoms with van der Waals surface area (Å²) in [5.74, 6) is 0.163. The molecule has 7 nitrogen and oxygen atoms in total. The maximum absolute atomic E-state index is 12.8. The molecule has 2 aliphatic heterocycles. The largest absolute Gasteiger partial charge is 0.337 e. The zero-order valence-electron chi connectivity index (χ0n) is 15.5. The number of fused-ring (bicyclic) bond motifs is 1. The molecule has 3 heterocycles. The lowest BCUT2D eigenvalue weighted by molar-refractivity contribution is 0.0767. The van der Waals surface area contributed by atoms with E-state index >= 15 is 0 Å². The molecule has 2 aliphatic rings. The molecular weight excluding hydrogens is 364 g/mol. The number of likely N-dealkylation sites (tertiary alicyclic amines) is 1. The van der Waals surface area contributed by atoms with Gasteiger partial charge in [0.05, 0.1) is 12.3 Å². The van der Waals surface area contributed by atoms with Crippen molar-refractivity contribution in [3.63, 3.8) is 0 Å². The van der Waals surface area contributed by atoms with E-state index in [0.717, 1.165) is 12.1 Å². The highest BCUT2D eigenvalue weighted by Crippen LogP contribution is 2.46. The van der Waals surface area contributed by atoms with E-state index in [-0.39, 0.29) is 23.8 Å². The molecule has 2 aromatic rings. The van der Waals surface area contributed by atoms with Crippen molar-refractivity contribution in [2.45, 2.75) is 19.5 Å². The Morgan fingerprint density at radius 1 is 1.15 bits per heavy atom. The highest BCUT2D eigenvalue weighted by atomic mass is 32.2. The van der Waals surface area contributed by atoms with Gasteiger partial charge in [0.2, 0.25) is 10.0 Å². The zero-order chi connectivity index (χ0) is 19.2. The molecule has 0 radical (unpaired) electrons. The first-order valence-electron chi connectivity index (χ1n) is 9.23. The first-order chi connectivity index (χ1) is 12.9. The van der Waals surface area contributed by atoms with Crippen LogP contribution in [0.5, 0.6) is 0 Å². The predicted molar refractivity (Wildman–Crippen MR) is 102 cm³/mol. The van der Waals surface area contributed by atoms with Gasteiger partial charge in [-0.3, -0.25) is 9.48 Å². The molecule has 2 fully saturated rings. The first-order valence-corrected chi connectivity index (χ1v) is 11.1. The topological polar surface area (TPSA) is 75.5 Å². The van der Waals surface area contributed by atoms with Crippen molar-refractivity contribution in [1.82, 2.24) is 19.0 Å². The van der Waals surface area contributed by atoms with Gasteiger partial charge in [-0.05, 0) is 24.5 Å². The molecule has 0 spiro atoms. The van der Waals surface area contributed by atoms with Crippen LogP contribution in [0.1, 0.15) is 29.0 Å². The van der Waals surface area contributed by atoms with E-state index in [1.807, 2.05) is 48.4 Å². The number of aromatic nitrogens is 2. The van der Waals surface area contributed by atoms with Crippen LogP contribution in [-0.4, -0.2) is 59.2 Å². The molecule has 0 saturated carbocycles. The molecule has 0 N–H and O–H groups in total. The van der Waals surface area contributed by atoms with Crippen molar-refractivity contribution >= 4 is 15.9 Å². The number of nitrogens with zero attached hydrogens (tertiary/aromatic N) is 4. The number of hydrogen-bond acceptors (Lipinski definition) is 4. The first kappa shape index (κ1) is 18.2. The third-order valence-corrected chi connectivity index (χ3v) is 6.89. The van der Waals surface area contributed by atoms with Gasteiger partial charge in [0.15, 0.2) is 0 Å². The quantitative estimate of drug-likeness (QED) is 0.797. The van der Waals surface area contributed by atoms with E-state index in [9.17, 15) is 13.2 Å². The van der Waals surface area contributed by atoms with Crippen LogP contribution in [0.4, 0.5) is 0 Å². The average Bonchev–Trinajstić information content (AvgIpc) is 3.34. The van der Waals surface area contributed by atoms with Gasteiger partial charge in [-0.1, -0.05) is 30.3 Å². The molecule has 0 bridgehead atoms. The molecule has 2 saturated heterocycles. The van der Waals surface area contributed by atoms with Crippen LogP contribution in [0.3, 0.4) is 0 Å². The van der Waals surface area contributed by atoms with Crippen LogP contribution < -0.4 is 0 Å². The van der Waals surface area contributed by atoms with E-state index in [2.05, 4.69) is 5.10 Å². The Balaban J connectivity index is 1.60. The molecule has 3 atom stereocenters. The number of carbonyl (C=O) groups is 1. The number of benzene rings is 1. The molecule has 1 aromatic carbocycles. The molecular formula is C19H24N4O3S. The zero-order valence-corrected chi connectivity index (χ0v) is 16.3. The van der Waals surface area contributed by atoms with Crippen LogP contribution in [0.25, 0.3) is 0 Å². The Morgan fingerprint density at radius 2 is 1.89 bits per heavy atom. The van der Waals surface area contributed by atoms with E-state index < -0.39 is 10.0 Å². The van der Waals surface area contributed by atoms with Gasteiger partial charge < -0.3 is 4.90 Å². The Labute approximate surface area is 159 Å². The third kappa shape index (κ3) is 3.27. The van der Waals surface area contributed by atoms with Gasteiger partial charge in [-0.15, -0.1) is 0 Å². The second-order valence-electron chi connectivity index (χ2n) is 7.38. The van der Waals surface area contributed by atoms with Gasteiger partial charge in [-0.25, -0.2) is 8.42 Å². The predicted octanol–water partition coefficient (Wildman–Crippen LogP) is 1.61. The van der Waals surface area contributed by atoms with Crippen LogP contribution in [0.15, 0.2) is 42.6 Å². The number of rotatable bonds is 4. The smallest absolute Gasteiger partial charge is 0.274 e. The second-order valence-corrected chi connectivity index (χ2v) is 9.31. The van der Waals surface area contributed by atoms with Gasteiger partial charge in [0, 0.05) is 38.3 Å². The monoisotopic (exact) mass is 388 g/mol. The molecule has 8 heteroatoms. The highest BCUT2D eigenvalue weighted by molar-refractivity contribution is 7.88. The standard InChI is InChI=1S/C19H24N4O3S/c1-3-22-10-9-17(20-22)19(24)21-11-15-12-23(27(2,25)26)18(16(15)13-21)14-7-5-4-6-8-14/h4-10,15-16,18H,3,11-13H2,1-2H3/t15-,16-,18+/m1/s1. The second kappa shape index (κ2) is 6.76. The minimum atomic E-state index is -3.32. The Bertz CT molecular complexity index is 941. The summed E-state index contributed by atoms with van der Waals surface area (Å²) in [7, 11) is -3.32. The van der Waals surface area contributed by atoms with Crippen molar-refractivity contribution in [3.05, 3.63) is 53.9 Å². The summed E-state index contributed by atoms with van der Waals surface area (Å²) in [6.45, 7) is 4.27. The summed E-state index contributed by atoms with van der Waals surface area (Å²) < 4.78 is 28.0. The summed E-state index contributed by atoms with van der Waals surface area (Å²) in [5.41, 5.74) is 1.44. The fraction of sp³-hybridized carbons (Fsp3) is 0.474. The fourth-order valence-corrected chi connectivity index (χ4v) is 5.54. The highest BCUT2D eigenvalue weighted by Gasteiger charge is 2.51. The Kier molecular flexibility index (Phi) is 4.55.